The number of hydrogen-bond donors (Lipinski definition) is 1. The van der Waals surface area contributed by atoms with Crippen LogP contribution in [0.4, 0.5) is 5.69 Å². The van der Waals surface area contributed by atoms with E-state index in [1.54, 1.807) is 18.2 Å². The predicted molar refractivity (Wildman–Crippen MR) is 98.7 cm³/mol. The van der Waals surface area contributed by atoms with Crippen molar-refractivity contribution >= 4 is 49.1 Å². The summed E-state index contributed by atoms with van der Waals surface area (Å²) in [6, 6.07) is 18.4. The fourth-order valence-electron chi connectivity index (χ4n) is 2.26. The lowest BCUT2D eigenvalue weighted by Gasteiger charge is -2.11. The quantitative estimate of drug-likeness (QED) is 0.629. The van der Waals surface area contributed by atoms with Gasteiger partial charge in [-0.2, -0.15) is 0 Å². The highest BCUT2D eigenvalue weighted by Crippen LogP contribution is 2.26. The van der Waals surface area contributed by atoms with Crippen molar-refractivity contribution in [3.05, 3.63) is 69.8 Å². The Morgan fingerprint density at radius 2 is 1.68 bits per heavy atom. The Kier molecular flexibility index (Phi) is 4.10. The van der Waals surface area contributed by atoms with E-state index in [0.717, 1.165) is 19.9 Å². The van der Waals surface area contributed by atoms with E-state index in [1.807, 2.05) is 49.4 Å². The number of anilines is 1. The highest BCUT2D eigenvalue weighted by Gasteiger charge is 2.16. The van der Waals surface area contributed by atoms with E-state index in [1.165, 1.54) is 0 Å². The van der Waals surface area contributed by atoms with Gasteiger partial charge in [0.1, 0.15) is 0 Å². The van der Waals surface area contributed by atoms with Crippen LogP contribution >= 0.6 is 22.6 Å². The summed E-state index contributed by atoms with van der Waals surface area (Å²) in [4.78, 5) is 0.274. The van der Waals surface area contributed by atoms with Crippen LogP contribution in [-0.2, 0) is 10.0 Å². The molecule has 0 aliphatic heterocycles. The number of sulfonamides is 1. The fraction of sp³-hybridized carbons (Fsp3) is 0.0588. The normalized spacial score (nSPS) is 11.5. The second-order valence-electron chi connectivity index (χ2n) is 5.04. The Morgan fingerprint density at radius 3 is 2.45 bits per heavy atom. The number of halogens is 1. The summed E-state index contributed by atoms with van der Waals surface area (Å²) >= 11 is 2.14. The number of fused-ring (bicyclic) bond motifs is 1. The minimum absolute atomic E-state index is 0.274. The second-order valence-corrected chi connectivity index (χ2v) is 7.89. The van der Waals surface area contributed by atoms with E-state index in [0.29, 0.717) is 5.69 Å². The first-order chi connectivity index (χ1) is 10.5. The zero-order valence-electron chi connectivity index (χ0n) is 11.9. The van der Waals surface area contributed by atoms with Crippen LogP contribution in [0.25, 0.3) is 10.8 Å². The van der Waals surface area contributed by atoms with Gasteiger partial charge in [-0.15, -0.1) is 0 Å². The van der Waals surface area contributed by atoms with E-state index in [9.17, 15) is 8.42 Å². The third-order valence-corrected chi connectivity index (χ3v) is 6.01. The molecule has 0 fully saturated rings. The first-order valence-electron chi connectivity index (χ1n) is 6.74. The van der Waals surface area contributed by atoms with Gasteiger partial charge in [-0.3, -0.25) is 4.72 Å². The van der Waals surface area contributed by atoms with Crippen molar-refractivity contribution in [2.24, 2.45) is 0 Å². The van der Waals surface area contributed by atoms with Gasteiger partial charge in [-0.1, -0.05) is 42.5 Å². The molecule has 3 aromatic rings. The highest BCUT2D eigenvalue weighted by molar-refractivity contribution is 14.1. The molecule has 0 saturated carbocycles. The van der Waals surface area contributed by atoms with Crippen LogP contribution in [0.1, 0.15) is 5.56 Å². The molecule has 22 heavy (non-hydrogen) atoms. The van der Waals surface area contributed by atoms with Crippen LogP contribution in [0.2, 0.25) is 0 Å². The lowest BCUT2D eigenvalue weighted by molar-refractivity contribution is 0.601. The Hall–Kier alpha value is -1.60. The summed E-state index contributed by atoms with van der Waals surface area (Å²) in [5.74, 6) is 0. The second kappa shape index (κ2) is 5.89. The van der Waals surface area contributed by atoms with Crippen molar-refractivity contribution in [3.63, 3.8) is 0 Å². The smallest absolute Gasteiger partial charge is 0.261 e. The number of benzene rings is 3. The molecule has 3 aromatic carbocycles. The van der Waals surface area contributed by atoms with Gasteiger partial charge < -0.3 is 0 Å². The van der Waals surface area contributed by atoms with E-state index < -0.39 is 10.0 Å². The third-order valence-electron chi connectivity index (χ3n) is 3.49. The van der Waals surface area contributed by atoms with Gasteiger partial charge in [-0.25, -0.2) is 8.42 Å². The van der Waals surface area contributed by atoms with Crippen molar-refractivity contribution in [2.45, 2.75) is 11.8 Å². The highest BCUT2D eigenvalue weighted by atomic mass is 127. The predicted octanol–water partition coefficient (Wildman–Crippen LogP) is 4.55. The van der Waals surface area contributed by atoms with Crippen molar-refractivity contribution < 1.29 is 8.42 Å². The number of hydrogen-bond acceptors (Lipinski definition) is 2. The number of rotatable bonds is 3. The van der Waals surface area contributed by atoms with Crippen LogP contribution in [0.15, 0.2) is 65.6 Å². The zero-order valence-corrected chi connectivity index (χ0v) is 14.9. The monoisotopic (exact) mass is 423 g/mol. The molecule has 0 atom stereocenters. The standard InChI is InChI=1S/C17H14INO2S/c1-12-9-10-14(11-16(12)18)22(20,21)19-17-8-4-6-13-5-2-3-7-15(13)17/h2-11,19H,1H3. The summed E-state index contributed by atoms with van der Waals surface area (Å²) in [6.45, 7) is 1.95. The molecule has 0 radical (unpaired) electrons. The summed E-state index contributed by atoms with van der Waals surface area (Å²) in [6.07, 6.45) is 0. The van der Waals surface area contributed by atoms with Crippen LogP contribution in [-0.4, -0.2) is 8.42 Å². The number of nitrogens with one attached hydrogen (secondary N) is 1. The van der Waals surface area contributed by atoms with Gasteiger partial charge in [0.05, 0.1) is 10.6 Å². The lowest BCUT2D eigenvalue weighted by Crippen LogP contribution is -2.13. The van der Waals surface area contributed by atoms with Crippen molar-refractivity contribution in [1.29, 1.82) is 0 Å². The summed E-state index contributed by atoms with van der Waals surface area (Å²) < 4.78 is 28.8. The first kappa shape index (κ1) is 15.3. The molecular formula is C17H14INO2S. The average molecular weight is 423 g/mol. The van der Waals surface area contributed by atoms with Crippen LogP contribution in [0, 0.1) is 10.5 Å². The maximum absolute atomic E-state index is 12.6. The maximum Gasteiger partial charge on any atom is 0.261 e. The largest absolute Gasteiger partial charge is 0.279 e. The van der Waals surface area contributed by atoms with Crippen molar-refractivity contribution in [2.75, 3.05) is 4.72 Å². The Labute approximate surface area is 143 Å². The van der Waals surface area contributed by atoms with Gasteiger partial charge in [-0.05, 0) is 58.7 Å². The Balaban J connectivity index is 2.05. The number of aryl methyl sites for hydroxylation is 1. The van der Waals surface area contributed by atoms with Crippen molar-refractivity contribution in [3.8, 4) is 0 Å². The minimum atomic E-state index is -3.60. The van der Waals surface area contributed by atoms with Crippen LogP contribution in [0.5, 0.6) is 0 Å². The molecule has 1 N–H and O–H groups in total. The maximum atomic E-state index is 12.6. The molecule has 0 saturated heterocycles. The van der Waals surface area contributed by atoms with Crippen LogP contribution in [0.3, 0.4) is 0 Å². The molecule has 0 spiro atoms. The van der Waals surface area contributed by atoms with Gasteiger partial charge in [0, 0.05) is 8.96 Å². The molecule has 3 nitrogen and oxygen atoms in total. The Bertz CT molecular complexity index is 947. The molecule has 112 valence electrons. The molecule has 5 heteroatoms. The topological polar surface area (TPSA) is 46.2 Å². The molecule has 0 aromatic heterocycles. The van der Waals surface area contributed by atoms with E-state index in [2.05, 4.69) is 27.3 Å². The van der Waals surface area contributed by atoms with E-state index in [4.69, 9.17) is 0 Å². The zero-order chi connectivity index (χ0) is 15.7. The first-order valence-corrected chi connectivity index (χ1v) is 9.30. The minimum Gasteiger partial charge on any atom is -0.279 e. The fourth-order valence-corrected chi connectivity index (χ4v) is 4.09. The lowest BCUT2D eigenvalue weighted by atomic mass is 10.1. The summed E-state index contributed by atoms with van der Waals surface area (Å²) in [7, 11) is -3.60. The SMILES string of the molecule is Cc1ccc(S(=O)(=O)Nc2cccc3ccccc23)cc1I. The van der Waals surface area contributed by atoms with Crippen molar-refractivity contribution in [1.82, 2.24) is 0 Å². The molecule has 0 unspecified atom stereocenters. The third kappa shape index (κ3) is 2.96. The molecule has 3 rings (SSSR count). The van der Waals surface area contributed by atoms with Gasteiger partial charge >= 0.3 is 0 Å². The molecule has 0 bridgehead atoms. The molecule has 0 aliphatic carbocycles. The van der Waals surface area contributed by atoms with Gasteiger partial charge in [0.15, 0.2) is 0 Å². The van der Waals surface area contributed by atoms with E-state index >= 15 is 0 Å². The van der Waals surface area contributed by atoms with Gasteiger partial charge in [0.25, 0.3) is 10.0 Å². The average Bonchev–Trinajstić information content (AvgIpc) is 2.50. The summed E-state index contributed by atoms with van der Waals surface area (Å²) in [5, 5.41) is 1.89. The molecular weight excluding hydrogens is 409 g/mol. The molecule has 0 heterocycles. The summed E-state index contributed by atoms with van der Waals surface area (Å²) in [5.41, 5.74) is 1.65. The molecule has 0 aliphatic rings. The van der Waals surface area contributed by atoms with Gasteiger partial charge in [0.2, 0.25) is 0 Å². The molecule has 0 amide bonds. The Morgan fingerprint density at radius 1 is 0.955 bits per heavy atom. The van der Waals surface area contributed by atoms with Crippen LogP contribution < -0.4 is 4.72 Å². The van der Waals surface area contributed by atoms with E-state index in [-0.39, 0.29) is 4.90 Å².